The number of hydrogen-bond donors (Lipinski definition) is 1. The average Bonchev–Trinajstić information content (AvgIpc) is 3.58. The largest absolute Gasteiger partial charge is 0.497 e. The molecule has 2 fully saturated rings. The smallest absolute Gasteiger partial charge is 0.245 e. The van der Waals surface area contributed by atoms with Crippen LogP contribution < -0.4 is 14.8 Å². The molecule has 4 heterocycles. The zero-order chi connectivity index (χ0) is 30.6. The third-order valence-corrected chi connectivity index (χ3v) is 8.56. The monoisotopic (exact) mass is 595 g/mol. The molecule has 0 atom stereocenters. The first-order valence-electron chi connectivity index (χ1n) is 15.0. The van der Waals surface area contributed by atoms with Crippen molar-refractivity contribution < 1.29 is 19.1 Å². The highest BCUT2D eigenvalue weighted by molar-refractivity contribution is 5.87. The van der Waals surface area contributed by atoms with Crippen molar-refractivity contribution in [1.29, 1.82) is 0 Å². The van der Waals surface area contributed by atoms with Crippen LogP contribution in [0.2, 0.25) is 0 Å². The lowest BCUT2D eigenvalue weighted by Gasteiger charge is -2.37. The molecular formula is C33H37N7O4. The number of hydrogen-bond acceptors (Lipinski definition) is 8. The van der Waals surface area contributed by atoms with Gasteiger partial charge in [0.1, 0.15) is 11.5 Å². The van der Waals surface area contributed by atoms with Gasteiger partial charge in [-0.3, -0.25) is 19.3 Å². The van der Waals surface area contributed by atoms with Gasteiger partial charge in [0.2, 0.25) is 11.8 Å². The maximum Gasteiger partial charge on any atom is 0.245 e. The maximum atomic E-state index is 13.2. The summed E-state index contributed by atoms with van der Waals surface area (Å²) in [4.78, 5) is 38.3. The SMILES string of the molecule is C=CC(=O)N1CCC(C(=O)N2CCC(n3cc(-c4cnc5ccc(Nc6cc(OC)cc(OC)c6)cc5n4)cn3)CC2)CC1. The minimum Gasteiger partial charge on any atom is -0.497 e. The molecule has 11 nitrogen and oxygen atoms in total. The number of piperidine rings is 2. The lowest BCUT2D eigenvalue weighted by Crippen LogP contribution is -2.46. The van der Waals surface area contributed by atoms with Crippen molar-refractivity contribution in [2.45, 2.75) is 31.7 Å². The standard InChI is InChI=1S/C33H37N7O4/c1-4-32(41)38-11-7-22(8-12-38)33(42)39-13-9-26(10-14-39)40-21-23(19-35-40)31-20-34-29-6-5-24(17-30(29)37-31)36-25-15-27(43-2)18-28(16-25)44-3/h4-6,15-22,26,36H,1,7-14H2,2-3H3. The van der Waals surface area contributed by atoms with E-state index in [0.29, 0.717) is 50.5 Å². The summed E-state index contributed by atoms with van der Waals surface area (Å²) in [6.07, 6.45) is 10.1. The molecular weight excluding hydrogens is 558 g/mol. The second-order valence-corrected chi connectivity index (χ2v) is 11.3. The third-order valence-electron chi connectivity index (χ3n) is 8.56. The highest BCUT2D eigenvalue weighted by Crippen LogP contribution is 2.30. The molecule has 2 aliphatic rings. The molecule has 228 valence electrons. The normalized spacial score (nSPS) is 16.1. The summed E-state index contributed by atoms with van der Waals surface area (Å²) >= 11 is 0. The molecule has 0 radical (unpaired) electrons. The van der Waals surface area contributed by atoms with Crippen LogP contribution in [0.5, 0.6) is 11.5 Å². The molecule has 0 aliphatic carbocycles. The van der Waals surface area contributed by atoms with E-state index in [2.05, 4.69) is 22.0 Å². The van der Waals surface area contributed by atoms with Gasteiger partial charge in [0.25, 0.3) is 0 Å². The number of methoxy groups -OCH3 is 2. The van der Waals surface area contributed by atoms with Crippen molar-refractivity contribution in [3.05, 3.63) is 67.6 Å². The predicted octanol–water partition coefficient (Wildman–Crippen LogP) is 4.84. The highest BCUT2D eigenvalue weighted by Gasteiger charge is 2.32. The number of anilines is 2. The van der Waals surface area contributed by atoms with Crippen molar-refractivity contribution in [3.8, 4) is 22.8 Å². The zero-order valence-corrected chi connectivity index (χ0v) is 25.1. The second kappa shape index (κ2) is 12.7. The summed E-state index contributed by atoms with van der Waals surface area (Å²) in [5.41, 5.74) is 4.91. The topological polar surface area (TPSA) is 115 Å². The molecule has 44 heavy (non-hydrogen) atoms. The van der Waals surface area contributed by atoms with Crippen molar-refractivity contribution >= 4 is 34.2 Å². The minimum atomic E-state index is -0.0578. The Kier molecular flexibility index (Phi) is 8.44. The molecule has 2 amide bonds. The summed E-state index contributed by atoms with van der Waals surface area (Å²) in [5, 5.41) is 8.06. The van der Waals surface area contributed by atoms with Gasteiger partial charge in [-0.1, -0.05) is 6.58 Å². The van der Waals surface area contributed by atoms with Crippen LogP contribution in [-0.2, 0) is 9.59 Å². The molecule has 11 heteroatoms. The number of aromatic nitrogens is 4. The number of rotatable bonds is 8. The third kappa shape index (κ3) is 6.22. The quantitative estimate of drug-likeness (QED) is 0.288. The van der Waals surface area contributed by atoms with Crippen LogP contribution in [0.25, 0.3) is 22.3 Å². The maximum absolute atomic E-state index is 13.2. The molecule has 0 bridgehead atoms. The van der Waals surface area contributed by atoms with Gasteiger partial charge >= 0.3 is 0 Å². The van der Waals surface area contributed by atoms with Crippen LogP contribution in [-0.4, -0.2) is 81.8 Å². The van der Waals surface area contributed by atoms with Gasteiger partial charge < -0.3 is 24.6 Å². The lowest BCUT2D eigenvalue weighted by molar-refractivity contribution is -0.140. The Morgan fingerprint density at radius 2 is 1.59 bits per heavy atom. The van der Waals surface area contributed by atoms with Crippen molar-refractivity contribution in [2.75, 3.05) is 45.7 Å². The number of fused-ring (bicyclic) bond motifs is 1. The van der Waals surface area contributed by atoms with Crippen molar-refractivity contribution in [2.24, 2.45) is 5.92 Å². The second-order valence-electron chi connectivity index (χ2n) is 11.3. The Hall–Kier alpha value is -4.93. The molecule has 2 saturated heterocycles. The van der Waals surface area contributed by atoms with Crippen LogP contribution in [0, 0.1) is 5.92 Å². The van der Waals surface area contributed by atoms with E-state index < -0.39 is 0 Å². The lowest BCUT2D eigenvalue weighted by atomic mass is 9.93. The zero-order valence-electron chi connectivity index (χ0n) is 25.1. The Balaban J connectivity index is 1.09. The summed E-state index contributed by atoms with van der Waals surface area (Å²) in [7, 11) is 3.25. The van der Waals surface area contributed by atoms with Crippen LogP contribution in [0.15, 0.2) is 67.6 Å². The van der Waals surface area contributed by atoms with E-state index in [0.717, 1.165) is 46.5 Å². The summed E-state index contributed by atoms with van der Waals surface area (Å²) in [6, 6.07) is 11.7. The van der Waals surface area contributed by atoms with E-state index in [4.69, 9.17) is 14.5 Å². The van der Waals surface area contributed by atoms with Gasteiger partial charge in [-0.25, -0.2) is 4.98 Å². The van der Waals surface area contributed by atoms with Crippen molar-refractivity contribution in [3.63, 3.8) is 0 Å². The minimum absolute atomic E-state index is 0.0164. The Labute approximate surface area is 256 Å². The number of carbonyl (C=O) groups excluding carboxylic acids is 2. The van der Waals surface area contributed by atoms with Crippen LogP contribution in [0.1, 0.15) is 31.7 Å². The number of ether oxygens (including phenoxy) is 2. The number of nitrogens with zero attached hydrogens (tertiary/aromatic N) is 6. The molecule has 2 aromatic heterocycles. The van der Waals surface area contributed by atoms with E-state index in [1.165, 1.54) is 6.08 Å². The Bertz CT molecular complexity index is 1650. The first-order valence-corrected chi connectivity index (χ1v) is 15.0. The first kappa shape index (κ1) is 29.2. The van der Waals surface area contributed by atoms with E-state index in [1.54, 1.807) is 25.3 Å². The fraction of sp³-hybridized carbons (Fsp3) is 0.364. The molecule has 1 N–H and O–H groups in total. The van der Waals surface area contributed by atoms with Crippen molar-refractivity contribution in [1.82, 2.24) is 29.5 Å². The first-order chi connectivity index (χ1) is 21.4. The predicted molar refractivity (Wildman–Crippen MR) is 168 cm³/mol. The van der Waals surface area contributed by atoms with E-state index in [-0.39, 0.29) is 23.8 Å². The van der Waals surface area contributed by atoms with Gasteiger partial charge in [-0.15, -0.1) is 0 Å². The molecule has 0 unspecified atom stereocenters. The van der Waals surface area contributed by atoms with E-state index in [1.807, 2.05) is 58.4 Å². The van der Waals surface area contributed by atoms with Gasteiger partial charge in [0.05, 0.1) is 49.4 Å². The van der Waals surface area contributed by atoms with Crippen LogP contribution in [0.4, 0.5) is 11.4 Å². The Morgan fingerprint density at radius 3 is 2.27 bits per heavy atom. The van der Waals surface area contributed by atoms with Gasteiger partial charge in [0, 0.05) is 73.4 Å². The van der Waals surface area contributed by atoms with E-state index >= 15 is 0 Å². The molecule has 2 aromatic carbocycles. The van der Waals surface area contributed by atoms with E-state index in [9.17, 15) is 9.59 Å². The highest BCUT2D eigenvalue weighted by atomic mass is 16.5. The molecule has 4 aromatic rings. The molecule has 0 spiro atoms. The molecule has 6 rings (SSSR count). The number of amides is 2. The van der Waals surface area contributed by atoms with Gasteiger partial charge in [0.15, 0.2) is 0 Å². The summed E-state index contributed by atoms with van der Waals surface area (Å²) in [6.45, 7) is 6.19. The molecule has 0 saturated carbocycles. The summed E-state index contributed by atoms with van der Waals surface area (Å²) < 4.78 is 12.8. The van der Waals surface area contributed by atoms with Crippen LogP contribution in [0.3, 0.4) is 0 Å². The van der Waals surface area contributed by atoms with Gasteiger partial charge in [-0.2, -0.15) is 5.10 Å². The fourth-order valence-corrected chi connectivity index (χ4v) is 6.03. The summed E-state index contributed by atoms with van der Waals surface area (Å²) in [5.74, 6) is 1.53. The number of benzene rings is 2. The fourth-order valence-electron chi connectivity index (χ4n) is 6.03. The number of nitrogens with one attached hydrogen (secondary N) is 1. The van der Waals surface area contributed by atoms with Gasteiger partial charge in [-0.05, 0) is 50.0 Å². The number of carbonyl (C=O) groups is 2. The van der Waals surface area contributed by atoms with Crippen LogP contribution >= 0.6 is 0 Å². The Morgan fingerprint density at radius 1 is 0.886 bits per heavy atom. The average molecular weight is 596 g/mol. The molecule has 2 aliphatic heterocycles. The number of likely N-dealkylation sites (tertiary alicyclic amines) is 2.